The predicted molar refractivity (Wildman–Crippen MR) is 56.9 cm³/mol. The molecule has 0 amide bonds. The highest BCUT2D eigenvalue weighted by atomic mass is 19.2. The van der Waals surface area contributed by atoms with E-state index >= 15 is 0 Å². The minimum atomic E-state index is -1.16. The molecule has 1 fully saturated rings. The van der Waals surface area contributed by atoms with Crippen LogP contribution < -0.4 is 5.32 Å². The molecule has 17 heavy (non-hydrogen) atoms. The number of nitrogens with one attached hydrogen (secondary N) is 1. The normalized spacial score (nSPS) is 19.8. The second kappa shape index (κ2) is 5.51. The van der Waals surface area contributed by atoms with Gasteiger partial charge in [-0.25, -0.2) is 13.2 Å². The summed E-state index contributed by atoms with van der Waals surface area (Å²) in [6, 6.07) is 1.47. The molecular weight excluding hydrogens is 231 g/mol. The van der Waals surface area contributed by atoms with Gasteiger partial charge < -0.3 is 10.1 Å². The SMILES string of the molecule is Fc1cc(F)c(CNCC2CCOC2)cc1F. The smallest absolute Gasteiger partial charge is 0.161 e. The number of hydrogen-bond donors (Lipinski definition) is 1. The summed E-state index contributed by atoms with van der Waals surface area (Å²) in [7, 11) is 0. The third-order valence-corrected chi connectivity index (χ3v) is 2.86. The van der Waals surface area contributed by atoms with Crippen LogP contribution in [-0.4, -0.2) is 19.8 Å². The zero-order valence-electron chi connectivity index (χ0n) is 9.31. The van der Waals surface area contributed by atoms with Gasteiger partial charge in [-0.05, 0) is 18.4 Å². The largest absolute Gasteiger partial charge is 0.381 e. The van der Waals surface area contributed by atoms with Crippen molar-refractivity contribution in [3.63, 3.8) is 0 Å². The summed E-state index contributed by atoms with van der Waals surface area (Å²) in [5.74, 6) is -2.48. The van der Waals surface area contributed by atoms with Crippen LogP contribution in [0.4, 0.5) is 13.2 Å². The maximum Gasteiger partial charge on any atom is 0.161 e. The molecular formula is C12H14F3NO. The highest BCUT2D eigenvalue weighted by molar-refractivity contribution is 5.19. The van der Waals surface area contributed by atoms with Crippen molar-refractivity contribution in [3.05, 3.63) is 35.1 Å². The summed E-state index contributed by atoms with van der Waals surface area (Å²) in [5, 5.41) is 3.02. The Morgan fingerprint density at radius 3 is 2.65 bits per heavy atom. The Morgan fingerprint density at radius 2 is 1.94 bits per heavy atom. The van der Waals surface area contributed by atoms with E-state index in [9.17, 15) is 13.2 Å². The maximum atomic E-state index is 13.3. The summed E-state index contributed by atoms with van der Waals surface area (Å²) >= 11 is 0. The lowest BCUT2D eigenvalue weighted by Crippen LogP contribution is -2.23. The Bertz CT molecular complexity index is 392. The molecule has 2 nitrogen and oxygen atoms in total. The quantitative estimate of drug-likeness (QED) is 0.821. The van der Waals surface area contributed by atoms with Gasteiger partial charge in [-0.1, -0.05) is 0 Å². The highest BCUT2D eigenvalue weighted by Crippen LogP contribution is 2.14. The van der Waals surface area contributed by atoms with Crippen molar-refractivity contribution in [3.8, 4) is 0 Å². The summed E-state index contributed by atoms with van der Waals surface area (Å²) in [6.45, 7) is 2.34. The molecule has 1 unspecified atom stereocenters. The first kappa shape index (κ1) is 12.4. The van der Waals surface area contributed by atoms with Crippen molar-refractivity contribution in [2.75, 3.05) is 19.8 Å². The van der Waals surface area contributed by atoms with Crippen molar-refractivity contribution < 1.29 is 17.9 Å². The van der Waals surface area contributed by atoms with E-state index in [-0.39, 0.29) is 12.1 Å². The average molecular weight is 245 g/mol. The molecule has 0 aliphatic carbocycles. The molecule has 0 aromatic heterocycles. The zero-order valence-corrected chi connectivity index (χ0v) is 9.31. The summed E-state index contributed by atoms with van der Waals surface area (Å²) in [6.07, 6.45) is 0.979. The minimum absolute atomic E-state index is 0.141. The van der Waals surface area contributed by atoms with Crippen molar-refractivity contribution in [1.82, 2.24) is 5.32 Å². The van der Waals surface area contributed by atoms with E-state index in [1.54, 1.807) is 0 Å². The van der Waals surface area contributed by atoms with E-state index in [0.717, 1.165) is 19.1 Å². The Morgan fingerprint density at radius 1 is 1.18 bits per heavy atom. The Labute approximate surface area is 97.8 Å². The van der Waals surface area contributed by atoms with Crippen LogP contribution in [0.1, 0.15) is 12.0 Å². The predicted octanol–water partition coefficient (Wildman–Crippen LogP) is 2.23. The molecule has 1 aromatic carbocycles. The fourth-order valence-electron chi connectivity index (χ4n) is 1.85. The van der Waals surface area contributed by atoms with Crippen LogP contribution in [0.15, 0.2) is 12.1 Å². The molecule has 0 bridgehead atoms. The molecule has 1 aliphatic heterocycles. The maximum absolute atomic E-state index is 13.3. The van der Waals surface area contributed by atoms with Gasteiger partial charge in [0.15, 0.2) is 11.6 Å². The van der Waals surface area contributed by atoms with Crippen LogP contribution in [0.5, 0.6) is 0 Å². The van der Waals surface area contributed by atoms with Crippen molar-refractivity contribution in [2.45, 2.75) is 13.0 Å². The fourth-order valence-corrected chi connectivity index (χ4v) is 1.85. The summed E-state index contributed by atoms with van der Waals surface area (Å²) in [4.78, 5) is 0. The Balaban J connectivity index is 1.87. The van der Waals surface area contributed by atoms with E-state index in [1.807, 2.05) is 0 Å². The first-order valence-electron chi connectivity index (χ1n) is 5.58. The zero-order chi connectivity index (χ0) is 12.3. The molecule has 1 atom stereocenters. The lowest BCUT2D eigenvalue weighted by molar-refractivity contribution is 0.185. The van der Waals surface area contributed by atoms with Gasteiger partial charge in [-0.15, -0.1) is 0 Å². The van der Waals surface area contributed by atoms with E-state index in [1.165, 1.54) is 0 Å². The van der Waals surface area contributed by atoms with E-state index in [2.05, 4.69) is 5.32 Å². The second-order valence-electron chi connectivity index (χ2n) is 4.22. The second-order valence-corrected chi connectivity index (χ2v) is 4.22. The Kier molecular flexibility index (Phi) is 4.02. The van der Waals surface area contributed by atoms with Crippen LogP contribution in [0.3, 0.4) is 0 Å². The standard InChI is InChI=1S/C12H14F3NO/c13-10-4-12(15)11(14)3-9(10)6-16-5-8-1-2-17-7-8/h3-4,8,16H,1-2,5-7H2. The monoisotopic (exact) mass is 245 g/mol. The molecule has 0 saturated carbocycles. The minimum Gasteiger partial charge on any atom is -0.381 e. The van der Waals surface area contributed by atoms with Crippen LogP contribution >= 0.6 is 0 Å². The van der Waals surface area contributed by atoms with E-state index in [0.29, 0.717) is 25.1 Å². The number of benzene rings is 1. The molecule has 1 heterocycles. The molecule has 1 saturated heterocycles. The average Bonchev–Trinajstić information content (AvgIpc) is 2.78. The highest BCUT2D eigenvalue weighted by Gasteiger charge is 2.15. The van der Waals surface area contributed by atoms with Gasteiger partial charge in [0.2, 0.25) is 0 Å². The van der Waals surface area contributed by atoms with Gasteiger partial charge in [0, 0.05) is 31.3 Å². The lowest BCUT2D eigenvalue weighted by Gasteiger charge is -2.10. The number of rotatable bonds is 4. The fraction of sp³-hybridized carbons (Fsp3) is 0.500. The first-order valence-corrected chi connectivity index (χ1v) is 5.58. The molecule has 5 heteroatoms. The van der Waals surface area contributed by atoms with Crippen LogP contribution in [0, 0.1) is 23.4 Å². The molecule has 2 rings (SSSR count). The van der Waals surface area contributed by atoms with Crippen molar-refractivity contribution >= 4 is 0 Å². The third-order valence-electron chi connectivity index (χ3n) is 2.86. The lowest BCUT2D eigenvalue weighted by atomic mass is 10.1. The van der Waals surface area contributed by atoms with E-state index in [4.69, 9.17) is 4.74 Å². The van der Waals surface area contributed by atoms with Crippen molar-refractivity contribution in [2.24, 2.45) is 5.92 Å². The van der Waals surface area contributed by atoms with Gasteiger partial charge >= 0.3 is 0 Å². The van der Waals surface area contributed by atoms with Gasteiger partial charge in [0.1, 0.15) is 5.82 Å². The number of hydrogen-bond acceptors (Lipinski definition) is 2. The van der Waals surface area contributed by atoms with Gasteiger partial charge in [-0.3, -0.25) is 0 Å². The van der Waals surface area contributed by atoms with Gasteiger partial charge in [0.25, 0.3) is 0 Å². The van der Waals surface area contributed by atoms with Gasteiger partial charge in [0.05, 0.1) is 6.61 Å². The number of halogens is 3. The van der Waals surface area contributed by atoms with Crippen molar-refractivity contribution in [1.29, 1.82) is 0 Å². The van der Waals surface area contributed by atoms with Crippen LogP contribution in [0.25, 0.3) is 0 Å². The first-order chi connectivity index (χ1) is 8.16. The molecule has 1 N–H and O–H groups in total. The summed E-state index contributed by atoms with van der Waals surface area (Å²) in [5.41, 5.74) is 0.141. The van der Waals surface area contributed by atoms with Crippen LogP contribution in [-0.2, 0) is 11.3 Å². The van der Waals surface area contributed by atoms with E-state index < -0.39 is 17.5 Å². The molecule has 0 spiro atoms. The topological polar surface area (TPSA) is 21.3 Å². The number of ether oxygens (including phenoxy) is 1. The molecule has 1 aliphatic rings. The summed E-state index contributed by atoms with van der Waals surface area (Å²) < 4.78 is 44.0. The molecule has 94 valence electrons. The van der Waals surface area contributed by atoms with Gasteiger partial charge in [-0.2, -0.15) is 0 Å². The third kappa shape index (κ3) is 3.20. The Hall–Kier alpha value is -1.07. The van der Waals surface area contributed by atoms with Crippen LogP contribution in [0.2, 0.25) is 0 Å². The molecule has 1 aromatic rings. The molecule has 0 radical (unpaired) electrons.